The van der Waals surface area contributed by atoms with Gasteiger partial charge in [-0.25, -0.2) is 4.39 Å². The Morgan fingerprint density at radius 3 is 2.23 bits per heavy atom. The number of piperazine rings is 1. The number of hydrogen-bond acceptors (Lipinski definition) is 8. The van der Waals surface area contributed by atoms with Crippen LogP contribution >= 0.6 is 12.4 Å². The van der Waals surface area contributed by atoms with Crippen molar-refractivity contribution in [2.24, 2.45) is 5.92 Å². The number of ether oxygens (including phenoxy) is 2. The number of benzene rings is 1. The predicted molar refractivity (Wildman–Crippen MR) is 130 cm³/mol. The second-order valence-corrected chi connectivity index (χ2v) is 8.37. The lowest BCUT2D eigenvalue weighted by atomic mass is 9.96. The van der Waals surface area contributed by atoms with E-state index in [-0.39, 0.29) is 42.6 Å². The van der Waals surface area contributed by atoms with Crippen molar-refractivity contribution in [1.82, 2.24) is 9.88 Å². The molecule has 0 spiro atoms. The van der Waals surface area contributed by atoms with Crippen LogP contribution in [-0.2, 0) is 19.1 Å². The molecule has 2 heterocycles. The number of aromatic nitrogens is 1. The summed E-state index contributed by atoms with van der Waals surface area (Å²) >= 11 is 0. The molecule has 1 aromatic carbocycles. The quantitative estimate of drug-likeness (QED) is 0.328. The number of anilines is 1. The maximum Gasteiger partial charge on any atom is 0.328 e. The van der Waals surface area contributed by atoms with Crippen molar-refractivity contribution < 1.29 is 28.2 Å². The molecule has 1 aliphatic carbocycles. The number of Topliss-reactive ketones (excluding diaryl/α,β-unsaturated/α-hetero) is 1. The van der Waals surface area contributed by atoms with Gasteiger partial charge in [-0.3, -0.25) is 19.2 Å². The first-order valence-electron chi connectivity index (χ1n) is 11.6. The third kappa shape index (κ3) is 5.33. The SMILES string of the molecule is CCOC(=O)C(C(=O)OCC)C(=O)c1cn(C2CC2)c2cc(N3CCNCC3)c(F)cc2c1=O.Cl. The smallest absolute Gasteiger partial charge is 0.328 e. The summed E-state index contributed by atoms with van der Waals surface area (Å²) in [5, 5.41) is 3.25. The average Bonchev–Trinajstić information content (AvgIpc) is 3.66. The summed E-state index contributed by atoms with van der Waals surface area (Å²) in [6.45, 7) is 5.70. The van der Waals surface area contributed by atoms with Crippen LogP contribution in [0.3, 0.4) is 0 Å². The number of carbonyl (C=O) groups is 3. The summed E-state index contributed by atoms with van der Waals surface area (Å²) in [4.78, 5) is 53.4. The molecule has 0 amide bonds. The molecule has 0 radical (unpaired) electrons. The lowest BCUT2D eigenvalue weighted by Crippen LogP contribution is -2.44. The van der Waals surface area contributed by atoms with Crippen LogP contribution in [0.25, 0.3) is 10.9 Å². The first kappa shape index (κ1) is 26.6. The summed E-state index contributed by atoms with van der Waals surface area (Å²) < 4.78 is 26.7. The van der Waals surface area contributed by atoms with Gasteiger partial charge < -0.3 is 24.3 Å². The normalized spacial score (nSPS) is 15.6. The average molecular weight is 510 g/mol. The monoisotopic (exact) mass is 509 g/mol. The van der Waals surface area contributed by atoms with Gasteiger partial charge in [-0.2, -0.15) is 0 Å². The maximum absolute atomic E-state index is 15.1. The Balaban J connectivity index is 0.00000342. The van der Waals surface area contributed by atoms with E-state index in [1.807, 2.05) is 4.90 Å². The van der Waals surface area contributed by atoms with Gasteiger partial charge in [-0.15, -0.1) is 12.4 Å². The second-order valence-electron chi connectivity index (χ2n) is 8.37. The van der Waals surface area contributed by atoms with Crippen LogP contribution in [0.5, 0.6) is 0 Å². The first-order valence-corrected chi connectivity index (χ1v) is 11.6. The molecule has 0 bridgehead atoms. The number of halogens is 2. The minimum absolute atomic E-state index is 0. The van der Waals surface area contributed by atoms with E-state index in [0.29, 0.717) is 24.3 Å². The fourth-order valence-electron chi connectivity index (χ4n) is 4.25. The third-order valence-electron chi connectivity index (χ3n) is 6.07. The fourth-order valence-corrected chi connectivity index (χ4v) is 4.25. The molecule has 2 aliphatic rings. The molecular weight excluding hydrogens is 481 g/mol. The number of carbonyl (C=O) groups excluding carboxylic acids is 3. The number of rotatable bonds is 8. The van der Waals surface area contributed by atoms with Crippen molar-refractivity contribution in [3.8, 4) is 0 Å². The van der Waals surface area contributed by atoms with Gasteiger partial charge in [0, 0.05) is 43.8 Å². The highest BCUT2D eigenvalue weighted by atomic mass is 35.5. The predicted octanol–water partition coefficient (Wildman–Crippen LogP) is 2.23. The number of fused-ring (bicyclic) bond motifs is 1. The molecule has 1 N–H and O–H groups in total. The van der Waals surface area contributed by atoms with Crippen molar-refractivity contribution in [2.45, 2.75) is 32.7 Å². The second kappa shape index (κ2) is 11.2. The standard InChI is InChI=1S/C24H28FN3O6.ClH/c1-3-33-23(31)20(24(32)34-4-2)22(30)16-13-28(14-5-6-14)18-12-19(27-9-7-26-8-10-27)17(25)11-15(18)21(16)29;/h11-14,20,26H,3-10H2,1-2H3;1H. The molecular formula is C24H29ClFN3O6. The molecule has 9 nitrogen and oxygen atoms in total. The zero-order chi connectivity index (χ0) is 24.4. The molecule has 1 aliphatic heterocycles. The Labute approximate surface area is 208 Å². The van der Waals surface area contributed by atoms with Crippen LogP contribution in [0.2, 0.25) is 0 Å². The molecule has 0 unspecified atom stereocenters. The molecule has 35 heavy (non-hydrogen) atoms. The lowest BCUT2D eigenvalue weighted by molar-refractivity contribution is -0.158. The fraction of sp³-hybridized carbons (Fsp3) is 0.500. The summed E-state index contributed by atoms with van der Waals surface area (Å²) in [6.07, 6.45) is 3.06. The number of ketones is 1. The number of nitrogens with zero attached hydrogens (tertiary/aromatic N) is 2. The van der Waals surface area contributed by atoms with E-state index >= 15 is 4.39 Å². The largest absolute Gasteiger partial charge is 0.465 e. The van der Waals surface area contributed by atoms with Gasteiger partial charge in [0.05, 0.1) is 30.0 Å². The molecule has 1 aromatic heterocycles. The van der Waals surface area contributed by atoms with E-state index in [1.54, 1.807) is 24.5 Å². The van der Waals surface area contributed by atoms with Crippen LogP contribution in [0.4, 0.5) is 10.1 Å². The van der Waals surface area contributed by atoms with Crippen molar-refractivity contribution >= 4 is 46.7 Å². The van der Waals surface area contributed by atoms with Crippen molar-refractivity contribution in [3.63, 3.8) is 0 Å². The highest BCUT2D eigenvalue weighted by Gasteiger charge is 2.39. The molecule has 0 atom stereocenters. The zero-order valence-corrected chi connectivity index (χ0v) is 20.5. The van der Waals surface area contributed by atoms with Crippen LogP contribution in [0.15, 0.2) is 23.1 Å². The van der Waals surface area contributed by atoms with Crippen LogP contribution in [0.1, 0.15) is 43.1 Å². The summed E-state index contributed by atoms with van der Waals surface area (Å²) in [6, 6.07) is 2.84. The highest BCUT2D eigenvalue weighted by Crippen LogP contribution is 2.38. The maximum atomic E-state index is 15.1. The van der Waals surface area contributed by atoms with E-state index in [9.17, 15) is 19.2 Å². The van der Waals surface area contributed by atoms with Crippen molar-refractivity contribution in [1.29, 1.82) is 0 Å². The molecule has 1 saturated heterocycles. The van der Waals surface area contributed by atoms with Gasteiger partial charge in [0.1, 0.15) is 5.82 Å². The molecule has 1 saturated carbocycles. The van der Waals surface area contributed by atoms with Crippen LogP contribution in [-0.4, -0.2) is 61.7 Å². The zero-order valence-electron chi connectivity index (χ0n) is 19.7. The Morgan fingerprint density at radius 2 is 1.69 bits per heavy atom. The van der Waals surface area contributed by atoms with Gasteiger partial charge in [0.2, 0.25) is 5.92 Å². The minimum Gasteiger partial charge on any atom is -0.465 e. The Morgan fingerprint density at radius 1 is 1.09 bits per heavy atom. The minimum atomic E-state index is -1.91. The van der Waals surface area contributed by atoms with Crippen molar-refractivity contribution in [3.05, 3.63) is 39.9 Å². The van der Waals surface area contributed by atoms with Gasteiger partial charge in [-0.1, -0.05) is 0 Å². The number of pyridine rings is 1. The van der Waals surface area contributed by atoms with Crippen molar-refractivity contribution in [2.75, 3.05) is 44.3 Å². The van der Waals surface area contributed by atoms with Gasteiger partial charge in [-0.05, 0) is 38.8 Å². The molecule has 2 aromatic rings. The highest BCUT2D eigenvalue weighted by molar-refractivity contribution is 6.21. The van der Waals surface area contributed by atoms with E-state index < -0.39 is 34.9 Å². The lowest BCUT2D eigenvalue weighted by Gasteiger charge is -2.30. The summed E-state index contributed by atoms with van der Waals surface area (Å²) in [5.41, 5.74) is -0.179. The number of nitrogens with one attached hydrogen (secondary N) is 1. The van der Waals surface area contributed by atoms with E-state index in [2.05, 4.69) is 5.32 Å². The van der Waals surface area contributed by atoms with Crippen LogP contribution in [0, 0.1) is 11.7 Å². The Hall–Kier alpha value is -2.98. The Bertz CT molecular complexity index is 1170. The summed E-state index contributed by atoms with van der Waals surface area (Å²) in [7, 11) is 0. The molecule has 11 heteroatoms. The molecule has 190 valence electrons. The van der Waals surface area contributed by atoms with E-state index in [1.165, 1.54) is 6.20 Å². The first-order chi connectivity index (χ1) is 16.4. The van der Waals surface area contributed by atoms with Gasteiger partial charge >= 0.3 is 11.9 Å². The third-order valence-corrected chi connectivity index (χ3v) is 6.07. The Kier molecular flexibility index (Phi) is 8.50. The molecule has 4 rings (SSSR count). The van der Waals surface area contributed by atoms with E-state index in [4.69, 9.17) is 9.47 Å². The van der Waals surface area contributed by atoms with Gasteiger partial charge in [0.25, 0.3) is 0 Å². The van der Waals surface area contributed by atoms with Crippen LogP contribution < -0.4 is 15.6 Å². The van der Waals surface area contributed by atoms with E-state index in [0.717, 1.165) is 32.0 Å². The topological polar surface area (TPSA) is 107 Å². The molecule has 2 fully saturated rings. The van der Waals surface area contributed by atoms with Gasteiger partial charge in [0.15, 0.2) is 11.2 Å². The summed E-state index contributed by atoms with van der Waals surface area (Å²) in [5.74, 6) is -5.65. The number of esters is 2. The number of hydrogen-bond donors (Lipinski definition) is 1.